The highest BCUT2D eigenvalue weighted by Crippen LogP contribution is 2.33. The normalized spacial score (nSPS) is 20.8. The van der Waals surface area contributed by atoms with Gasteiger partial charge >= 0.3 is 6.03 Å². The molecule has 22 heavy (non-hydrogen) atoms. The predicted molar refractivity (Wildman–Crippen MR) is 78.9 cm³/mol. The number of benzene rings is 1. The Balaban J connectivity index is 1.71. The molecule has 0 radical (unpaired) electrons. The third-order valence-electron chi connectivity index (χ3n) is 3.78. The van der Waals surface area contributed by atoms with Crippen LogP contribution in [-0.2, 0) is 4.79 Å². The Morgan fingerprint density at radius 1 is 1.36 bits per heavy atom. The average Bonchev–Trinajstić information content (AvgIpc) is 2.98. The molecule has 1 aromatic rings. The van der Waals surface area contributed by atoms with E-state index in [1.807, 2.05) is 25.1 Å². The fourth-order valence-electron chi connectivity index (χ4n) is 2.58. The highest BCUT2D eigenvalue weighted by atomic mass is 16.6. The lowest BCUT2D eigenvalue weighted by atomic mass is 10.0. The van der Waals surface area contributed by atoms with Crippen molar-refractivity contribution < 1.29 is 19.1 Å². The standard InChI is InChI=1S/C15H19N3O4/c1-2-10(17-14(19)11-8-16-15(20)18-11)9-3-4-12-13(7-9)22-6-5-21-12/h3-4,7,10-11H,2,5-6,8H2,1H3,(H,17,19)(H2,16,18,20)/t10-,11+/m1/s1. The van der Waals surface area contributed by atoms with Crippen LogP contribution in [0.15, 0.2) is 18.2 Å². The molecule has 7 nitrogen and oxygen atoms in total. The zero-order chi connectivity index (χ0) is 15.5. The zero-order valence-corrected chi connectivity index (χ0v) is 12.3. The van der Waals surface area contributed by atoms with Crippen LogP contribution in [0.25, 0.3) is 0 Å². The second-order valence-corrected chi connectivity index (χ2v) is 5.28. The van der Waals surface area contributed by atoms with Gasteiger partial charge in [-0.15, -0.1) is 0 Å². The highest BCUT2D eigenvalue weighted by molar-refractivity contribution is 5.90. The summed E-state index contributed by atoms with van der Waals surface area (Å²) in [5, 5.41) is 8.11. The number of fused-ring (bicyclic) bond motifs is 1. The molecular weight excluding hydrogens is 286 g/mol. The second-order valence-electron chi connectivity index (χ2n) is 5.28. The van der Waals surface area contributed by atoms with Crippen molar-refractivity contribution in [1.29, 1.82) is 0 Å². The molecule has 1 aromatic carbocycles. The van der Waals surface area contributed by atoms with Crippen molar-refractivity contribution >= 4 is 11.9 Å². The first-order valence-electron chi connectivity index (χ1n) is 7.41. The van der Waals surface area contributed by atoms with Gasteiger partial charge in [0.25, 0.3) is 0 Å². The molecular formula is C15H19N3O4. The van der Waals surface area contributed by atoms with Crippen LogP contribution < -0.4 is 25.4 Å². The van der Waals surface area contributed by atoms with Gasteiger partial charge in [-0.3, -0.25) is 4.79 Å². The van der Waals surface area contributed by atoms with E-state index in [0.717, 1.165) is 17.7 Å². The summed E-state index contributed by atoms with van der Waals surface area (Å²) in [6.45, 7) is 3.38. The number of nitrogens with one attached hydrogen (secondary N) is 3. The van der Waals surface area contributed by atoms with Crippen LogP contribution in [0.4, 0.5) is 4.79 Å². The second kappa shape index (κ2) is 6.13. The van der Waals surface area contributed by atoms with E-state index >= 15 is 0 Å². The molecule has 0 unspecified atom stereocenters. The molecule has 1 saturated heterocycles. The van der Waals surface area contributed by atoms with Crippen molar-refractivity contribution in [2.45, 2.75) is 25.4 Å². The maximum atomic E-state index is 12.2. The van der Waals surface area contributed by atoms with Crippen molar-refractivity contribution in [3.63, 3.8) is 0 Å². The Morgan fingerprint density at radius 3 is 2.82 bits per heavy atom. The van der Waals surface area contributed by atoms with E-state index in [1.54, 1.807) is 0 Å². The predicted octanol–water partition coefficient (Wildman–Crippen LogP) is 0.706. The zero-order valence-electron chi connectivity index (χ0n) is 12.3. The number of urea groups is 1. The van der Waals surface area contributed by atoms with Crippen LogP contribution in [0.3, 0.4) is 0 Å². The molecule has 0 spiro atoms. The van der Waals surface area contributed by atoms with Gasteiger partial charge < -0.3 is 25.4 Å². The van der Waals surface area contributed by atoms with Crippen LogP contribution in [-0.4, -0.2) is 37.7 Å². The number of amides is 3. The van der Waals surface area contributed by atoms with Crippen LogP contribution >= 0.6 is 0 Å². The van der Waals surface area contributed by atoms with Gasteiger partial charge in [0, 0.05) is 6.54 Å². The van der Waals surface area contributed by atoms with Crippen molar-refractivity contribution in [1.82, 2.24) is 16.0 Å². The Bertz CT molecular complexity index is 590. The summed E-state index contributed by atoms with van der Waals surface area (Å²) in [5.41, 5.74) is 0.956. The van der Waals surface area contributed by atoms with Gasteiger partial charge in [0.1, 0.15) is 19.3 Å². The lowest BCUT2D eigenvalue weighted by molar-refractivity contribution is -0.123. The summed E-state index contributed by atoms with van der Waals surface area (Å²) in [6, 6.07) is 4.70. The lowest BCUT2D eigenvalue weighted by Gasteiger charge is -2.23. The number of carbonyl (C=O) groups is 2. The largest absolute Gasteiger partial charge is 0.486 e. The quantitative estimate of drug-likeness (QED) is 0.764. The van der Waals surface area contributed by atoms with Gasteiger partial charge in [-0.1, -0.05) is 13.0 Å². The van der Waals surface area contributed by atoms with E-state index in [1.165, 1.54) is 0 Å². The summed E-state index contributed by atoms with van der Waals surface area (Å²) < 4.78 is 11.1. The van der Waals surface area contributed by atoms with Crippen molar-refractivity contribution in [2.24, 2.45) is 0 Å². The first-order chi connectivity index (χ1) is 10.7. The van der Waals surface area contributed by atoms with Crippen LogP contribution in [0.5, 0.6) is 11.5 Å². The fraction of sp³-hybridized carbons (Fsp3) is 0.467. The Hall–Kier alpha value is -2.44. The summed E-state index contributed by atoms with van der Waals surface area (Å²) >= 11 is 0. The first kappa shape index (κ1) is 14.5. The third kappa shape index (κ3) is 2.93. The van der Waals surface area contributed by atoms with E-state index in [9.17, 15) is 9.59 Å². The van der Waals surface area contributed by atoms with Crippen molar-refractivity contribution in [3.8, 4) is 11.5 Å². The molecule has 118 valence electrons. The minimum Gasteiger partial charge on any atom is -0.486 e. The molecule has 3 N–H and O–H groups in total. The fourth-order valence-corrected chi connectivity index (χ4v) is 2.58. The molecule has 0 aliphatic carbocycles. The molecule has 2 aliphatic heterocycles. The number of carbonyl (C=O) groups excluding carboxylic acids is 2. The van der Waals surface area contributed by atoms with Crippen LogP contribution in [0.2, 0.25) is 0 Å². The summed E-state index contributed by atoms with van der Waals surface area (Å²) in [7, 11) is 0. The highest BCUT2D eigenvalue weighted by Gasteiger charge is 2.28. The summed E-state index contributed by atoms with van der Waals surface area (Å²) in [5.74, 6) is 1.23. The van der Waals surface area contributed by atoms with Gasteiger partial charge in [0.2, 0.25) is 5.91 Å². The minimum absolute atomic E-state index is 0.138. The van der Waals surface area contributed by atoms with Gasteiger partial charge in [-0.25, -0.2) is 4.79 Å². The number of hydrogen-bond acceptors (Lipinski definition) is 4. The molecule has 0 bridgehead atoms. The van der Waals surface area contributed by atoms with E-state index < -0.39 is 6.04 Å². The van der Waals surface area contributed by atoms with E-state index in [-0.39, 0.29) is 18.0 Å². The molecule has 0 aromatic heterocycles. The molecule has 2 aliphatic rings. The molecule has 0 saturated carbocycles. The van der Waals surface area contributed by atoms with Crippen LogP contribution in [0.1, 0.15) is 24.9 Å². The van der Waals surface area contributed by atoms with E-state index in [4.69, 9.17) is 9.47 Å². The maximum Gasteiger partial charge on any atom is 0.315 e. The van der Waals surface area contributed by atoms with E-state index in [2.05, 4.69) is 16.0 Å². The molecule has 7 heteroatoms. The Labute approximate surface area is 128 Å². The number of hydrogen-bond donors (Lipinski definition) is 3. The average molecular weight is 305 g/mol. The third-order valence-corrected chi connectivity index (χ3v) is 3.78. The monoisotopic (exact) mass is 305 g/mol. The van der Waals surface area contributed by atoms with Gasteiger partial charge in [-0.05, 0) is 24.1 Å². The Kier molecular flexibility index (Phi) is 4.04. The van der Waals surface area contributed by atoms with Gasteiger partial charge in [0.05, 0.1) is 6.04 Å². The summed E-state index contributed by atoms with van der Waals surface area (Å²) in [4.78, 5) is 23.3. The Morgan fingerprint density at radius 2 is 2.14 bits per heavy atom. The van der Waals surface area contributed by atoms with Gasteiger partial charge in [-0.2, -0.15) is 0 Å². The molecule has 3 amide bonds. The van der Waals surface area contributed by atoms with Crippen molar-refractivity contribution in [3.05, 3.63) is 23.8 Å². The maximum absolute atomic E-state index is 12.2. The molecule has 2 atom stereocenters. The van der Waals surface area contributed by atoms with Crippen molar-refractivity contribution in [2.75, 3.05) is 19.8 Å². The SMILES string of the molecule is CC[C@@H](NC(=O)[C@@H]1CNC(=O)N1)c1ccc2c(c1)OCCO2. The number of rotatable bonds is 4. The molecule has 2 heterocycles. The molecule has 1 fully saturated rings. The number of ether oxygens (including phenoxy) is 2. The minimum atomic E-state index is -0.529. The van der Waals surface area contributed by atoms with Gasteiger partial charge in [0.15, 0.2) is 11.5 Å². The lowest BCUT2D eigenvalue weighted by Crippen LogP contribution is -2.44. The first-order valence-corrected chi connectivity index (χ1v) is 7.41. The van der Waals surface area contributed by atoms with E-state index in [0.29, 0.717) is 25.5 Å². The topological polar surface area (TPSA) is 88.7 Å². The summed E-state index contributed by atoms with van der Waals surface area (Å²) in [6.07, 6.45) is 0.736. The molecule has 3 rings (SSSR count). The smallest absolute Gasteiger partial charge is 0.315 e. The van der Waals surface area contributed by atoms with Crippen LogP contribution in [0, 0.1) is 0 Å².